The van der Waals surface area contributed by atoms with Gasteiger partial charge >= 0.3 is 0 Å². The predicted molar refractivity (Wildman–Crippen MR) is 94.4 cm³/mol. The molecule has 0 nitrogen and oxygen atoms in total. The van der Waals surface area contributed by atoms with Crippen LogP contribution in [0.15, 0.2) is 66.7 Å². The van der Waals surface area contributed by atoms with E-state index >= 15 is 0 Å². The number of hydrogen-bond acceptors (Lipinski definition) is 0. The largest absolute Gasteiger partial charge is 0.0616 e. The zero-order chi connectivity index (χ0) is 14.7. The molecule has 0 unspecified atom stereocenters. The van der Waals surface area contributed by atoms with Crippen molar-refractivity contribution in [2.45, 2.75) is 13.3 Å². The molecule has 0 aromatic heterocycles. The Morgan fingerprint density at radius 3 is 2.50 bits per heavy atom. The topological polar surface area (TPSA) is 0 Å². The van der Waals surface area contributed by atoms with Gasteiger partial charge in [-0.1, -0.05) is 72.3 Å². The second-order valence-corrected chi connectivity index (χ2v) is 6.32. The molecule has 0 heteroatoms. The van der Waals surface area contributed by atoms with Gasteiger partial charge in [-0.05, 0) is 57.1 Å². The van der Waals surface area contributed by atoms with Crippen LogP contribution in [0.3, 0.4) is 0 Å². The predicted octanol–water partition coefficient (Wildman–Crippen LogP) is 5.87. The summed E-state index contributed by atoms with van der Waals surface area (Å²) in [5, 5.41) is 5.42. The minimum Gasteiger partial charge on any atom is -0.0616 e. The minimum atomic E-state index is 1.06. The molecule has 5 rings (SSSR count). The van der Waals surface area contributed by atoms with Crippen LogP contribution < -0.4 is 0 Å². The van der Waals surface area contributed by atoms with E-state index in [2.05, 4.69) is 73.7 Å². The summed E-state index contributed by atoms with van der Waals surface area (Å²) in [5.74, 6) is 0. The summed E-state index contributed by atoms with van der Waals surface area (Å²) in [6.07, 6.45) is 1.06. The van der Waals surface area contributed by atoms with Crippen molar-refractivity contribution in [1.29, 1.82) is 0 Å². The van der Waals surface area contributed by atoms with Gasteiger partial charge in [-0.25, -0.2) is 0 Å². The zero-order valence-electron chi connectivity index (χ0n) is 12.6. The first kappa shape index (κ1) is 12.0. The molecule has 1 aliphatic carbocycles. The molecular formula is C22H16. The second kappa shape index (κ2) is 4.20. The average Bonchev–Trinajstić information content (AvgIpc) is 2.92. The first-order valence-corrected chi connectivity index (χ1v) is 7.84. The number of aryl methyl sites for hydroxylation is 1. The first-order chi connectivity index (χ1) is 10.8. The van der Waals surface area contributed by atoms with Crippen molar-refractivity contribution in [3.05, 3.63) is 83.4 Å². The van der Waals surface area contributed by atoms with Crippen LogP contribution in [0, 0.1) is 6.92 Å². The maximum absolute atomic E-state index is 2.34. The monoisotopic (exact) mass is 280 g/mol. The number of benzene rings is 4. The van der Waals surface area contributed by atoms with Crippen molar-refractivity contribution in [1.82, 2.24) is 0 Å². The van der Waals surface area contributed by atoms with E-state index in [1.807, 2.05) is 0 Å². The molecule has 104 valence electrons. The van der Waals surface area contributed by atoms with Gasteiger partial charge < -0.3 is 0 Å². The van der Waals surface area contributed by atoms with Crippen molar-refractivity contribution in [3.63, 3.8) is 0 Å². The summed E-state index contributed by atoms with van der Waals surface area (Å²) in [6.45, 7) is 2.18. The standard InChI is InChI=1S/C22H16/c1-14-6-9-19-17(12-14)13-16-8-10-20-18-5-3-2-4-15(18)7-11-21(20)22(16)19/h2-12H,13H2,1H3. The van der Waals surface area contributed by atoms with Gasteiger partial charge in [0.25, 0.3) is 0 Å². The SMILES string of the molecule is Cc1ccc2c(c1)Cc1ccc3c(ccc4ccccc43)c1-2. The fourth-order valence-electron chi connectivity index (χ4n) is 3.92. The maximum Gasteiger partial charge on any atom is -0.00131 e. The summed E-state index contributed by atoms with van der Waals surface area (Å²) < 4.78 is 0. The molecular weight excluding hydrogens is 264 g/mol. The lowest BCUT2D eigenvalue weighted by atomic mass is 9.94. The highest BCUT2D eigenvalue weighted by Gasteiger charge is 2.21. The molecule has 0 N–H and O–H groups in total. The molecule has 0 saturated heterocycles. The quantitative estimate of drug-likeness (QED) is 0.311. The van der Waals surface area contributed by atoms with E-state index in [0.29, 0.717) is 0 Å². The molecule has 0 heterocycles. The molecule has 0 bridgehead atoms. The molecule has 22 heavy (non-hydrogen) atoms. The van der Waals surface area contributed by atoms with E-state index in [0.717, 1.165) is 6.42 Å². The lowest BCUT2D eigenvalue weighted by molar-refractivity contribution is 1.25. The zero-order valence-corrected chi connectivity index (χ0v) is 12.6. The molecule has 4 aromatic carbocycles. The lowest BCUT2D eigenvalue weighted by Gasteiger charge is -2.10. The number of fused-ring (bicyclic) bond motifs is 7. The fourth-order valence-corrected chi connectivity index (χ4v) is 3.92. The Kier molecular flexibility index (Phi) is 2.29. The van der Waals surface area contributed by atoms with Gasteiger partial charge in [-0.3, -0.25) is 0 Å². The summed E-state index contributed by atoms with van der Waals surface area (Å²) in [7, 11) is 0. The molecule has 4 aromatic rings. The highest BCUT2D eigenvalue weighted by Crippen LogP contribution is 2.43. The van der Waals surface area contributed by atoms with Crippen LogP contribution in [-0.2, 0) is 6.42 Å². The van der Waals surface area contributed by atoms with Crippen LogP contribution in [0.25, 0.3) is 32.7 Å². The second-order valence-electron chi connectivity index (χ2n) is 6.32. The van der Waals surface area contributed by atoms with Crippen molar-refractivity contribution >= 4 is 21.5 Å². The van der Waals surface area contributed by atoms with Crippen LogP contribution in [0.1, 0.15) is 16.7 Å². The van der Waals surface area contributed by atoms with E-state index < -0.39 is 0 Å². The summed E-state index contributed by atoms with van der Waals surface area (Å²) in [5.41, 5.74) is 7.14. The molecule has 0 amide bonds. The van der Waals surface area contributed by atoms with E-state index in [1.54, 1.807) is 0 Å². The van der Waals surface area contributed by atoms with Crippen molar-refractivity contribution in [2.75, 3.05) is 0 Å². The third-order valence-corrected chi connectivity index (χ3v) is 4.92. The van der Waals surface area contributed by atoms with Crippen LogP contribution in [0.4, 0.5) is 0 Å². The van der Waals surface area contributed by atoms with Crippen LogP contribution in [-0.4, -0.2) is 0 Å². The Hall–Kier alpha value is -2.60. The lowest BCUT2D eigenvalue weighted by Crippen LogP contribution is -1.84. The summed E-state index contributed by atoms with van der Waals surface area (Å²) >= 11 is 0. The van der Waals surface area contributed by atoms with Gasteiger partial charge in [0.2, 0.25) is 0 Å². The van der Waals surface area contributed by atoms with Crippen LogP contribution >= 0.6 is 0 Å². The third kappa shape index (κ3) is 1.52. The Morgan fingerprint density at radius 1 is 0.682 bits per heavy atom. The van der Waals surface area contributed by atoms with E-state index in [1.165, 1.54) is 49.4 Å². The minimum absolute atomic E-state index is 1.06. The molecule has 0 fully saturated rings. The molecule has 0 spiro atoms. The molecule has 0 aliphatic heterocycles. The van der Waals surface area contributed by atoms with Crippen LogP contribution in [0.2, 0.25) is 0 Å². The molecule has 0 radical (unpaired) electrons. The average molecular weight is 280 g/mol. The van der Waals surface area contributed by atoms with Crippen molar-refractivity contribution in [2.24, 2.45) is 0 Å². The van der Waals surface area contributed by atoms with Gasteiger partial charge in [0.05, 0.1) is 0 Å². The summed E-state index contributed by atoms with van der Waals surface area (Å²) in [6, 6.07) is 24.7. The molecule has 0 atom stereocenters. The smallest absolute Gasteiger partial charge is 0.00131 e. The molecule has 1 aliphatic rings. The maximum atomic E-state index is 2.34. The van der Waals surface area contributed by atoms with Gasteiger partial charge in [-0.2, -0.15) is 0 Å². The Bertz CT molecular complexity index is 1050. The number of rotatable bonds is 0. The van der Waals surface area contributed by atoms with Gasteiger partial charge in [0.15, 0.2) is 0 Å². The normalized spacial score (nSPS) is 12.6. The van der Waals surface area contributed by atoms with Gasteiger partial charge in [0, 0.05) is 0 Å². The fraction of sp³-hybridized carbons (Fsp3) is 0.0909. The Morgan fingerprint density at radius 2 is 1.55 bits per heavy atom. The van der Waals surface area contributed by atoms with E-state index in [-0.39, 0.29) is 0 Å². The van der Waals surface area contributed by atoms with E-state index in [4.69, 9.17) is 0 Å². The summed E-state index contributed by atoms with van der Waals surface area (Å²) in [4.78, 5) is 0. The Balaban J connectivity index is 1.93. The van der Waals surface area contributed by atoms with Gasteiger partial charge in [-0.15, -0.1) is 0 Å². The highest BCUT2D eigenvalue weighted by atomic mass is 14.2. The van der Waals surface area contributed by atoms with Crippen molar-refractivity contribution in [3.8, 4) is 11.1 Å². The van der Waals surface area contributed by atoms with Crippen LogP contribution in [0.5, 0.6) is 0 Å². The first-order valence-electron chi connectivity index (χ1n) is 7.84. The molecule has 0 saturated carbocycles. The Labute approximate surface area is 130 Å². The third-order valence-electron chi connectivity index (χ3n) is 4.92. The number of hydrogen-bond donors (Lipinski definition) is 0. The van der Waals surface area contributed by atoms with Crippen molar-refractivity contribution < 1.29 is 0 Å². The van der Waals surface area contributed by atoms with Gasteiger partial charge in [0.1, 0.15) is 0 Å². The van der Waals surface area contributed by atoms with E-state index in [9.17, 15) is 0 Å². The highest BCUT2D eigenvalue weighted by molar-refractivity contribution is 6.13.